The monoisotopic (exact) mass is 673 g/mol. The second-order valence-electron chi connectivity index (χ2n) is 17.4. The number of hydrogen-bond acceptors (Lipinski definition) is 5. The Balaban J connectivity index is 0.980. The second kappa shape index (κ2) is 10.4. The van der Waals surface area contributed by atoms with Crippen LogP contribution in [0.15, 0.2) is 36.4 Å². The maximum Gasteiger partial charge on any atom is 0.254 e. The van der Waals surface area contributed by atoms with E-state index in [1.807, 2.05) is 24.0 Å². The summed E-state index contributed by atoms with van der Waals surface area (Å²) in [5, 5.41) is 22.7. The van der Waals surface area contributed by atoms with E-state index in [0.29, 0.717) is 61.1 Å². The summed E-state index contributed by atoms with van der Waals surface area (Å²) in [7, 11) is 0. The van der Waals surface area contributed by atoms with Gasteiger partial charge in [-0.1, -0.05) is 18.2 Å². The molecule has 4 aromatic rings. The third-order valence-electron chi connectivity index (χ3n) is 14.3. The van der Waals surface area contributed by atoms with Gasteiger partial charge in [0.05, 0.1) is 33.9 Å². The van der Waals surface area contributed by atoms with Crippen molar-refractivity contribution in [2.24, 2.45) is 29.6 Å². The van der Waals surface area contributed by atoms with Crippen molar-refractivity contribution in [3.63, 3.8) is 0 Å². The van der Waals surface area contributed by atoms with Crippen molar-refractivity contribution in [3.05, 3.63) is 53.1 Å². The fourth-order valence-corrected chi connectivity index (χ4v) is 11.1. The summed E-state index contributed by atoms with van der Waals surface area (Å²) >= 11 is 0. The second-order valence-corrected chi connectivity index (χ2v) is 17.4. The van der Waals surface area contributed by atoms with Gasteiger partial charge < -0.3 is 29.1 Å². The Morgan fingerprint density at radius 2 is 1.78 bits per heavy atom. The van der Waals surface area contributed by atoms with Gasteiger partial charge in [0.25, 0.3) is 5.91 Å². The molecule has 0 spiro atoms. The average Bonchev–Trinajstić information content (AvgIpc) is 3.73. The molecule has 2 saturated heterocycles. The van der Waals surface area contributed by atoms with Gasteiger partial charge in [-0.2, -0.15) is 0 Å². The number of aromatic nitrogens is 3. The highest BCUT2D eigenvalue weighted by atomic mass is 16.3. The molecule has 11 rings (SSSR count). The highest BCUT2D eigenvalue weighted by molar-refractivity contribution is 6.00. The van der Waals surface area contributed by atoms with E-state index in [4.69, 9.17) is 4.98 Å². The number of nitrogens with zero attached hydrogens (tertiary/aromatic N) is 5. The number of imidazole rings is 1. The van der Waals surface area contributed by atoms with Crippen LogP contribution in [-0.4, -0.2) is 77.7 Å². The number of likely N-dealkylation sites (tertiary alicyclic amines) is 2. The summed E-state index contributed by atoms with van der Waals surface area (Å²) in [5.74, 6) is 4.49. The fraction of sp³-hybridized carbons (Fsp3) is 0.585. The number of aryl methyl sites for hydroxylation is 1. The van der Waals surface area contributed by atoms with Crippen molar-refractivity contribution in [3.8, 4) is 11.5 Å². The van der Waals surface area contributed by atoms with Crippen molar-refractivity contribution in [2.75, 3.05) is 19.6 Å². The molecule has 9 nitrogen and oxygen atoms in total. The number of piperidine rings is 1. The molecule has 6 fully saturated rings. The number of aliphatic hydroxyl groups is 2. The van der Waals surface area contributed by atoms with Gasteiger partial charge in [0.15, 0.2) is 5.82 Å². The molecule has 2 N–H and O–H groups in total. The first kappa shape index (κ1) is 30.0. The molecule has 4 aliphatic carbocycles. The summed E-state index contributed by atoms with van der Waals surface area (Å²) in [6.07, 6.45) is 8.27. The molecular formula is C41H47N5O4. The van der Waals surface area contributed by atoms with Crippen LogP contribution >= 0.6 is 0 Å². The van der Waals surface area contributed by atoms with Crippen molar-refractivity contribution in [1.29, 1.82) is 0 Å². The lowest BCUT2D eigenvalue weighted by Crippen LogP contribution is -2.53. The lowest BCUT2D eigenvalue weighted by atomic mass is 9.53. The molecule has 7 aliphatic rings. The van der Waals surface area contributed by atoms with Crippen molar-refractivity contribution < 1.29 is 19.8 Å². The minimum atomic E-state index is -1.03. The van der Waals surface area contributed by atoms with E-state index in [1.165, 1.54) is 35.7 Å². The van der Waals surface area contributed by atoms with Crippen molar-refractivity contribution >= 4 is 33.8 Å². The van der Waals surface area contributed by atoms with E-state index in [0.717, 1.165) is 79.5 Å². The Kier molecular flexibility index (Phi) is 6.26. The minimum Gasteiger partial charge on any atom is -0.393 e. The van der Waals surface area contributed by atoms with Crippen LogP contribution in [-0.2, 0) is 23.5 Å². The summed E-state index contributed by atoms with van der Waals surface area (Å²) < 4.78 is 4.84. The molecule has 9 heteroatoms. The van der Waals surface area contributed by atoms with Crippen LogP contribution in [0.4, 0.5) is 0 Å². The summed E-state index contributed by atoms with van der Waals surface area (Å²) in [4.78, 5) is 36.7. The topological polar surface area (TPSA) is 104 Å². The maximum atomic E-state index is 14.1. The first-order valence-corrected chi connectivity index (χ1v) is 19.4. The molecule has 5 heterocycles. The van der Waals surface area contributed by atoms with Gasteiger partial charge in [0, 0.05) is 61.2 Å². The number of carbonyl (C=O) groups is 2. The van der Waals surface area contributed by atoms with Gasteiger partial charge in [-0.3, -0.25) is 9.59 Å². The van der Waals surface area contributed by atoms with Gasteiger partial charge in [-0.25, -0.2) is 4.98 Å². The quantitative estimate of drug-likeness (QED) is 0.276. The van der Waals surface area contributed by atoms with Crippen LogP contribution < -0.4 is 0 Å². The molecule has 2 amide bonds. The Labute approximate surface area is 292 Å². The zero-order valence-corrected chi connectivity index (χ0v) is 28.9. The third kappa shape index (κ3) is 4.28. The molecule has 3 aliphatic heterocycles. The van der Waals surface area contributed by atoms with E-state index >= 15 is 0 Å². The number of amides is 2. The van der Waals surface area contributed by atoms with E-state index < -0.39 is 5.60 Å². The van der Waals surface area contributed by atoms with E-state index in [-0.39, 0.29) is 23.8 Å². The predicted molar refractivity (Wildman–Crippen MR) is 189 cm³/mol. The predicted octanol–water partition coefficient (Wildman–Crippen LogP) is 5.64. The highest BCUT2D eigenvalue weighted by Gasteiger charge is 2.61. The Morgan fingerprint density at radius 1 is 0.960 bits per heavy atom. The molecule has 50 heavy (non-hydrogen) atoms. The molecular weight excluding hydrogens is 626 g/mol. The largest absolute Gasteiger partial charge is 0.393 e. The molecule has 0 radical (unpaired) electrons. The van der Waals surface area contributed by atoms with Crippen LogP contribution in [0.5, 0.6) is 0 Å². The Morgan fingerprint density at radius 3 is 2.52 bits per heavy atom. The van der Waals surface area contributed by atoms with Gasteiger partial charge >= 0.3 is 0 Å². The number of fused-ring (bicyclic) bond motifs is 1. The third-order valence-corrected chi connectivity index (χ3v) is 14.3. The molecule has 260 valence electrons. The average molecular weight is 674 g/mol. The van der Waals surface area contributed by atoms with Crippen molar-refractivity contribution in [2.45, 2.75) is 101 Å². The number of aliphatic hydroxyl groups excluding tert-OH is 1. The fourth-order valence-electron chi connectivity index (χ4n) is 11.1. The highest BCUT2D eigenvalue weighted by Crippen LogP contribution is 2.61. The molecule has 2 aromatic heterocycles. The summed E-state index contributed by atoms with van der Waals surface area (Å²) in [6, 6.07) is 13.4. The van der Waals surface area contributed by atoms with Crippen molar-refractivity contribution in [1.82, 2.24) is 23.9 Å². The normalized spacial score (nSPS) is 32.9. The maximum absolute atomic E-state index is 14.1. The Bertz CT molecular complexity index is 2090. The standard InChI is InChI=1S/C41H47N5O4/c1-41(50)9-12-44-37-31(41)16-27(40(49)46-21-28-13-25-19-33(46)35(25)28)17-32(37)42-38(44)34-18-24-3-2-4-30(36(24)45(34)20-22-5-6-22)23-7-10-43(11-8-23)39(48)26-14-29(47)15-26/h2-4,16-18,22-23,25-26,28-29,33,35,47,50H,5-15,19-21H2,1H3/t25?,26?,28?,29?,33?,35-,41?/m1/s1. The summed E-state index contributed by atoms with van der Waals surface area (Å²) in [6.45, 7) is 5.92. The van der Waals surface area contributed by atoms with E-state index in [9.17, 15) is 19.8 Å². The first-order chi connectivity index (χ1) is 24.2. The molecule has 0 bridgehead atoms. The minimum absolute atomic E-state index is 0.00588. The molecule has 2 aromatic carbocycles. The molecule has 4 unspecified atom stereocenters. The SMILES string of the molecule is CC1(O)CCn2c(-c3cc4cccc(C5CCN(C(=O)C6CC(O)C6)CC5)c4n3CC3CC3)nc3cc(C(=O)N4CC5CC6CC4[C@H]65)cc1c32. The smallest absolute Gasteiger partial charge is 0.254 e. The molecule has 5 atom stereocenters. The number of rotatable bonds is 6. The van der Waals surface area contributed by atoms with Crippen LogP contribution in [0.2, 0.25) is 0 Å². The summed E-state index contributed by atoms with van der Waals surface area (Å²) in [5.41, 5.74) is 5.98. The zero-order valence-electron chi connectivity index (χ0n) is 28.9. The number of para-hydroxylation sites is 1. The number of benzene rings is 2. The first-order valence-electron chi connectivity index (χ1n) is 19.4. The van der Waals surface area contributed by atoms with E-state index in [2.05, 4.69) is 38.3 Å². The van der Waals surface area contributed by atoms with E-state index in [1.54, 1.807) is 0 Å². The van der Waals surface area contributed by atoms with Crippen LogP contribution in [0, 0.1) is 29.6 Å². The molecule has 4 saturated carbocycles. The zero-order chi connectivity index (χ0) is 33.6. The van der Waals surface area contributed by atoms with Crippen LogP contribution in [0.3, 0.4) is 0 Å². The Hall–Kier alpha value is -3.69. The van der Waals surface area contributed by atoms with Gasteiger partial charge in [0.1, 0.15) is 0 Å². The van der Waals surface area contributed by atoms with Crippen LogP contribution in [0.1, 0.15) is 92.1 Å². The lowest BCUT2D eigenvalue weighted by molar-refractivity contribution is -0.143. The van der Waals surface area contributed by atoms with Gasteiger partial charge in [-0.15, -0.1) is 0 Å². The van der Waals surface area contributed by atoms with Crippen LogP contribution in [0.25, 0.3) is 33.5 Å². The number of carbonyl (C=O) groups excluding carboxylic acids is 2. The number of hydrogen-bond donors (Lipinski definition) is 2. The van der Waals surface area contributed by atoms with Gasteiger partial charge in [0.2, 0.25) is 5.91 Å². The van der Waals surface area contributed by atoms with Gasteiger partial charge in [-0.05, 0) is 118 Å². The lowest BCUT2D eigenvalue weighted by Gasteiger charge is -2.52.